The van der Waals surface area contributed by atoms with E-state index in [-0.39, 0.29) is 6.61 Å². The highest BCUT2D eigenvalue weighted by Crippen LogP contribution is 2.37. The first-order valence-corrected chi connectivity index (χ1v) is 10.6. The van der Waals surface area contributed by atoms with Crippen molar-refractivity contribution in [3.8, 4) is 11.5 Å². The molecule has 0 amide bonds. The summed E-state index contributed by atoms with van der Waals surface area (Å²) >= 11 is 18.7. The van der Waals surface area contributed by atoms with Gasteiger partial charge in [0.1, 0.15) is 6.61 Å². The molecular formula is C24H22Cl3NO2. The molecule has 3 rings (SSSR count). The molecule has 0 atom stereocenters. The van der Waals surface area contributed by atoms with Crippen molar-refractivity contribution in [1.29, 1.82) is 0 Å². The number of aliphatic imine (C=N–C) groups is 1. The van der Waals surface area contributed by atoms with Crippen LogP contribution in [0.5, 0.6) is 11.5 Å². The molecule has 3 aromatic rings. The third-order valence-corrected chi connectivity index (χ3v) is 5.29. The Kier molecular flexibility index (Phi) is 7.65. The molecular weight excluding hydrogens is 441 g/mol. The van der Waals surface area contributed by atoms with Crippen LogP contribution in [-0.2, 0) is 6.61 Å². The van der Waals surface area contributed by atoms with E-state index in [0.717, 1.165) is 22.4 Å². The fraction of sp³-hybridized carbons (Fsp3) is 0.208. The number of benzene rings is 3. The van der Waals surface area contributed by atoms with E-state index < -0.39 is 0 Å². The highest BCUT2D eigenvalue weighted by Gasteiger charge is 2.13. The van der Waals surface area contributed by atoms with Crippen molar-refractivity contribution in [2.24, 2.45) is 4.99 Å². The topological polar surface area (TPSA) is 30.8 Å². The van der Waals surface area contributed by atoms with E-state index in [1.54, 1.807) is 24.4 Å². The van der Waals surface area contributed by atoms with Gasteiger partial charge in [0, 0.05) is 21.8 Å². The van der Waals surface area contributed by atoms with Crippen LogP contribution < -0.4 is 9.47 Å². The summed E-state index contributed by atoms with van der Waals surface area (Å²) in [5.41, 5.74) is 4.85. The summed E-state index contributed by atoms with van der Waals surface area (Å²) in [4.78, 5) is 4.59. The zero-order valence-electron chi connectivity index (χ0n) is 17.0. The van der Waals surface area contributed by atoms with Gasteiger partial charge in [0.05, 0.1) is 17.3 Å². The second-order valence-corrected chi connectivity index (χ2v) is 8.09. The molecule has 0 aromatic heterocycles. The summed E-state index contributed by atoms with van der Waals surface area (Å²) in [7, 11) is 0. The molecule has 0 heterocycles. The number of rotatable bonds is 7. The highest BCUT2D eigenvalue weighted by molar-refractivity contribution is 6.35. The molecule has 0 spiro atoms. The number of hydrogen-bond donors (Lipinski definition) is 0. The van der Waals surface area contributed by atoms with Crippen molar-refractivity contribution in [1.82, 2.24) is 0 Å². The van der Waals surface area contributed by atoms with Crippen LogP contribution in [0.2, 0.25) is 15.1 Å². The summed E-state index contributed by atoms with van der Waals surface area (Å²) in [6, 6.07) is 15.1. The standard InChI is InChI=1S/C24H22Cl3NO2/c1-4-29-23-11-17(13-28-22-8-5-15(2)9-16(22)3)10-21(27)24(23)30-14-18-6-7-19(25)12-20(18)26/h5-13H,4,14H2,1-3H3. The molecule has 0 saturated carbocycles. The molecule has 3 nitrogen and oxygen atoms in total. The first-order chi connectivity index (χ1) is 14.4. The largest absolute Gasteiger partial charge is 0.490 e. The maximum Gasteiger partial charge on any atom is 0.180 e. The summed E-state index contributed by atoms with van der Waals surface area (Å²) in [5, 5.41) is 1.55. The van der Waals surface area contributed by atoms with Crippen molar-refractivity contribution in [3.63, 3.8) is 0 Å². The smallest absolute Gasteiger partial charge is 0.180 e. The van der Waals surface area contributed by atoms with E-state index in [2.05, 4.69) is 18.0 Å². The van der Waals surface area contributed by atoms with E-state index in [9.17, 15) is 0 Å². The molecule has 156 valence electrons. The fourth-order valence-electron chi connectivity index (χ4n) is 2.95. The Balaban J connectivity index is 1.85. The molecule has 0 saturated heterocycles. The Hall–Kier alpha value is -2.20. The van der Waals surface area contributed by atoms with Crippen LogP contribution in [-0.4, -0.2) is 12.8 Å². The Morgan fingerprint density at radius 2 is 1.70 bits per heavy atom. The van der Waals surface area contributed by atoms with Crippen LogP contribution >= 0.6 is 34.8 Å². The van der Waals surface area contributed by atoms with Gasteiger partial charge in [0.25, 0.3) is 0 Å². The monoisotopic (exact) mass is 461 g/mol. The van der Waals surface area contributed by atoms with Crippen LogP contribution in [0.4, 0.5) is 5.69 Å². The van der Waals surface area contributed by atoms with Gasteiger partial charge < -0.3 is 9.47 Å². The molecule has 0 aliphatic heterocycles. The minimum absolute atomic E-state index is 0.242. The van der Waals surface area contributed by atoms with Crippen LogP contribution in [0.25, 0.3) is 0 Å². The fourth-order valence-corrected chi connectivity index (χ4v) is 3.69. The second-order valence-electron chi connectivity index (χ2n) is 6.84. The molecule has 3 aromatic carbocycles. The summed E-state index contributed by atoms with van der Waals surface area (Å²) < 4.78 is 11.7. The minimum atomic E-state index is 0.242. The molecule has 0 fully saturated rings. The van der Waals surface area contributed by atoms with E-state index in [4.69, 9.17) is 44.3 Å². The number of ether oxygens (including phenoxy) is 2. The van der Waals surface area contributed by atoms with Gasteiger partial charge in [0.15, 0.2) is 11.5 Å². The second kappa shape index (κ2) is 10.2. The average molecular weight is 463 g/mol. The first-order valence-electron chi connectivity index (χ1n) is 9.51. The van der Waals surface area contributed by atoms with E-state index >= 15 is 0 Å². The van der Waals surface area contributed by atoms with E-state index in [0.29, 0.717) is 33.2 Å². The van der Waals surface area contributed by atoms with Gasteiger partial charge >= 0.3 is 0 Å². The number of nitrogens with zero attached hydrogens (tertiary/aromatic N) is 1. The minimum Gasteiger partial charge on any atom is -0.490 e. The van der Waals surface area contributed by atoms with Gasteiger partial charge in [-0.25, -0.2) is 0 Å². The number of hydrogen-bond acceptors (Lipinski definition) is 3. The quantitative estimate of drug-likeness (QED) is 0.333. The van der Waals surface area contributed by atoms with Crippen LogP contribution in [0.3, 0.4) is 0 Å². The molecule has 6 heteroatoms. The number of halogens is 3. The lowest BCUT2D eigenvalue weighted by atomic mass is 10.1. The van der Waals surface area contributed by atoms with Gasteiger partial charge in [0.2, 0.25) is 0 Å². The molecule has 0 bridgehead atoms. The van der Waals surface area contributed by atoms with E-state index in [1.165, 1.54) is 5.56 Å². The Labute approximate surface area is 192 Å². The van der Waals surface area contributed by atoms with Gasteiger partial charge in [-0.05, 0) is 62.2 Å². The SMILES string of the molecule is CCOc1cc(C=Nc2ccc(C)cc2C)cc(Cl)c1OCc1ccc(Cl)cc1Cl. The molecule has 0 unspecified atom stereocenters. The van der Waals surface area contributed by atoms with Crippen LogP contribution in [0, 0.1) is 13.8 Å². The van der Waals surface area contributed by atoms with Crippen molar-refractivity contribution in [2.45, 2.75) is 27.4 Å². The third kappa shape index (κ3) is 5.69. The average Bonchev–Trinajstić information content (AvgIpc) is 2.68. The number of aryl methyl sites for hydroxylation is 2. The Morgan fingerprint density at radius 3 is 2.40 bits per heavy atom. The van der Waals surface area contributed by atoms with Crippen molar-refractivity contribution in [2.75, 3.05) is 6.61 Å². The maximum atomic E-state index is 6.51. The molecule has 0 radical (unpaired) electrons. The molecule has 0 aliphatic rings. The Morgan fingerprint density at radius 1 is 0.900 bits per heavy atom. The third-order valence-electron chi connectivity index (χ3n) is 4.42. The van der Waals surface area contributed by atoms with Gasteiger partial charge in [-0.15, -0.1) is 0 Å². The summed E-state index contributed by atoms with van der Waals surface area (Å²) in [5.74, 6) is 1.02. The highest BCUT2D eigenvalue weighted by atomic mass is 35.5. The van der Waals surface area contributed by atoms with Crippen LogP contribution in [0.1, 0.15) is 29.2 Å². The van der Waals surface area contributed by atoms with Crippen molar-refractivity contribution in [3.05, 3.63) is 85.9 Å². The summed E-state index contributed by atoms with van der Waals surface area (Å²) in [6.45, 7) is 6.73. The molecule has 0 aliphatic carbocycles. The van der Waals surface area contributed by atoms with Gasteiger partial charge in [-0.2, -0.15) is 0 Å². The van der Waals surface area contributed by atoms with Crippen molar-refractivity contribution < 1.29 is 9.47 Å². The maximum absolute atomic E-state index is 6.51. The molecule has 30 heavy (non-hydrogen) atoms. The van der Waals surface area contributed by atoms with Gasteiger partial charge in [-0.3, -0.25) is 4.99 Å². The lowest BCUT2D eigenvalue weighted by molar-refractivity contribution is 0.269. The molecule has 0 N–H and O–H groups in total. The predicted molar refractivity (Wildman–Crippen MR) is 127 cm³/mol. The Bertz CT molecular complexity index is 1080. The zero-order valence-corrected chi connectivity index (χ0v) is 19.3. The first kappa shape index (κ1) is 22.5. The zero-order chi connectivity index (χ0) is 21.7. The predicted octanol–water partition coefficient (Wildman–Crippen LogP) is 7.99. The van der Waals surface area contributed by atoms with Crippen molar-refractivity contribution >= 4 is 46.7 Å². The van der Waals surface area contributed by atoms with Gasteiger partial charge in [-0.1, -0.05) is 58.6 Å². The lowest BCUT2D eigenvalue weighted by Gasteiger charge is -2.15. The summed E-state index contributed by atoms with van der Waals surface area (Å²) in [6.07, 6.45) is 1.77. The van der Waals surface area contributed by atoms with Crippen LogP contribution in [0.15, 0.2) is 53.5 Å². The normalized spacial score (nSPS) is 11.1. The lowest BCUT2D eigenvalue weighted by Crippen LogP contribution is -2.02. The van der Waals surface area contributed by atoms with E-state index in [1.807, 2.05) is 38.1 Å².